The highest BCUT2D eigenvalue weighted by atomic mass is 79.9. The van der Waals surface area contributed by atoms with Crippen LogP contribution in [0.3, 0.4) is 0 Å². The molecule has 2 rings (SSSR count). The van der Waals surface area contributed by atoms with E-state index < -0.39 is 0 Å². The minimum atomic E-state index is -0.225. The molecular weight excluding hydrogens is 339 g/mol. The number of aryl methyl sites for hydroxylation is 2. The van der Waals surface area contributed by atoms with E-state index in [0.717, 1.165) is 29.2 Å². The van der Waals surface area contributed by atoms with E-state index in [0.29, 0.717) is 4.47 Å². The molecule has 2 nitrogen and oxygen atoms in total. The number of hydrogen-bond acceptors (Lipinski definition) is 3. The van der Waals surface area contributed by atoms with Crippen molar-refractivity contribution in [1.29, 1.82) is 0 Å². The van der Waals surface area contributed by atoms with Crippen molar-refractivity contribution in [1.82, 2.24) is 10.3 Å². The van der Waals surface area contributed by atoms with Crippen molar-refractivity contribution in [3.05, 3.63) is 49.6 Å². The largest absolute Gasteiger partial charge is 0.310 e. The van der Waals surface area contributed by atoms with Gasteiger partial charge in [0.25, 0.3) is 0 Å². The Morgan fingerprint density at radius 3 is 2.75 bits per heavy atom. The molecule has 0 aliphatic carbocycles. The Hall–Kier alpha value is -0.780. The molecule has 0 saturated heterocycles. The lowest BCUT2D eigenvalue weighted by atomic mass is 10.0. The summed E-state index contributed by atoms with van der Waals surface area (Å²) in [5, 5.41) is 4.50. The van der Waals surface area contributed by atoms with Gasteiger partial charge in [-0.1, -0.05) is 19.1 Å². The third-order valence-corrected chi connectivity index (χ3v) is 5.19. The van der Waals surface area contributed by atoms with Crippen molar-refractivity contribution >= 4 is 27.3 Å². The molecule has 0 fully saturated rings. The number of hydrogen-bond donors (Lipinski definition) is 1. The van der Waals surface area contributed by atoms with E-state index in [1.54, 1.807) is 17.4 Å². The second kappa shape index (κ2) is 6.78. The summed E-state index contributed by atoms with van der Waals surface area (Å²) in [5.74, 6) is -0.225. The van der Waals surface area contributed by atoms with Crippen LogP contribution in [0.4, 0.5) is 4.39 Å². The highest BCUT2D eigenvalue weighted by Crippen LogP contribution is 2.29. The first kappa shape index (κ1) is 15.6. The Balaban J connectivity index is 2.29. The molecule has 0 bridgehead atoms. The first-order valence-electron chi connectivity index (χ1n) is 6.63. The van der Waals surface area contributed by atoms with Gasteiger partial charge in [0, 0.05) is 17.3 Å². The quantitative estimate of drug-likeness (QED) is 0.849. The van der Waals surface area contributed by atoms with Gasteiger partial charge < -0.3 is 5.32 Å². The van der Waals surface area contributed by atoms with Gasteiger partial charge in [0.15, 0.2) is 0 Å². The lowest BCUT2D eigenvalue weighted by molar-refractivity contribution is 0.537. The maximum atomic E-state index is 13.7. The van der Waals surface area contributed by atoms with Gasteiger partial charge in [0.1, 0.15) is 5.82 Å². The van der Waals surface area contributed by atoms with E-state index in [1.807, 2.05) is 13.0 Å². The summed E-state index contributed by atoms with van der Waals surface area (Å²) in [5.41, 5.74) is 2.02. The summed E-state index contributed by atoms with van der Waals surface area (Å²) < 4.78 is 14.2. The molecule has 0 aliphatic rings. The summed E-state index contributed by atoms with van der Waals surface area (Å²) in [6.45, 7) is 6.99. The molecule has 5 heteroatoms. The summed E-state index contributed by atoms with van der Waals surface area (Å²) in [4.78, 5) is 5.82. The number of rotatable bonds is 5. The van der Waals surface area contributed by atoms with Gasteiger partial charge >= 0.3 is 0 Å². The zero-order valence-corrected chi connectivity index (χ0v) is 14.2. The Morgan fingerprint density at radius 2 is 2.15 bits per heavy atom. The van der Waals surface area contributed by atoms with Crippen molar-refractivity contribution in [2.45, 2.75) is 33.2 Å². The molecule has 20 heavy (non-hydrogen) atoms. The number of benzene rings is 1. The maximum absolute atomic E-state index is 13.7. The van der Waals surface area contributed by atoms with Crippen LogP contribution in [0.2, 0.25) is 0 Å². The zero-order valence-electron chi connectivity index (χ0n) is 11.8. The van der Waals surface area contributed by atoms with Crippen LogP contribution in [0.15, 0.2) is 22.7 Å². The fourth-order valence-corrected chi connectivity index (χ4v) is 3.65. The molecule has 1 unspecified atom stereocenters. The van der Waals surface area contributed by atoms with Gasteiger partial charge in [0.05, 0.1) is 15.2 Å². The predicted octanol–water partition coefficient (Wildman–Crippen LogP) is 4.55. The van der Waals surface area contributed by atoms with Crippen molar-refractivity contribution in [2.24, 2.45) is 0 Å². The summed E-state index contributed by atoms with van der Waals surface area (Å²) in [6.07, 6.45) is 0.773. The van der Waals surface area contributed by atoms with Crippen molar-refractivity contribution in [3.8, 4) is 0 Å². The fourth-order valence-electron chi connectivity index (χ4n) is 2.13. The first-order chi connectivity index (χ1) is 9.52. The molecule has 1 atom stereocenters. The second-order valence-electron chi connectivity index (χ2n) is 4.71. The van der Waals surface area contributed by atoms with Crippen LogP contribution >= 0.6 is 27.3 Å². The number of thiazole rings is 1. The monoisotopic (exact) mass is 356 g/mol. The Bertz CT molecular complexity index is 578. The van der Waals surface area contributed by atoms with E-state index in [4.69, 9.17) is 0 Å². The van der Waals surface area contributed by atoms with Gasteiger partial charge in [-0.25, -0.2) is 9.37 Å². The van der Waals surface area contributed by atoms with Crippen LogP contribution in [-0.4, -0.2) is 11.5 Å². The molecule has 1 N–H and O–H groups in total. The lowest BCUT2D eigenvalue weighted by Crippen LogP contribution is -2.23. The fraction of sp³-hybridized carbons (Fsp3) is 0.400. The van der Waals surface area contributed by atoms with Crippen LogP contribution in [0.25, 0.3) is 0 Å². The molecule has 1 aromatic carbocycles. The smallest absolute Gasteiger partial charge is 0.137 e. The average molecular weight is 357 g/mol. The van der Waals surface area contributed by atoms with Crippen LogP contribution in [0.1, 0.15) is 34.1 Å². The van der Waals surface area contributed by atoms with Crippen LogP contribution < -0.4 is 5.32 Å². The van der Waals surface area contributed by atoms with Crippen LogP contribution in [0.5, 0.6) is 0 Å². The molecule has 0 aliphatic heterocycles. The first-order valence-corrected chi connectivity index (χ1v) is 8.24. The minimum Gasteiger partial charge on any atom is -0.310 e. The number of likely N-dealkylation sites (N-methyl/N-ethyl adjacent to an activating group) is 1. The van der Waals surface area contributed by atoms with Gasteiger partial charge in [-0.2, -0.15) is 0 Å². The third-order valence-electron chi connectivity index (χ3n) is 3.26. The van der Waals surface area contributed by atoms with Crippen LogP contribution in [0, 0.1) is 19.7 Å². The van der Waals surface area contributed by atoms with E-state index in [9.17, 15) is 4.39 Å². The molecular formula is C15H18BrFN2S. The van der Waals surface area contributed by atoms with Crippen molar-refractivity contribution in [2.75, 3.05) is 6.54 Å². The van der Waals surface area contributed by atoms with Gasteiger partial charge in [-0.3, -0.25) is 0 Å². The third kappa shape index (κ3) is 3.45. The highest BCUT2D eigenvalue weighted by Gasteiger charge is 2.18. The summed E-state index contributed by atoms with van der Waals surface area (Å²) in [7, 11) is 0. The zero-order chi connectivity index (χ0) is 14.7. The molecule has 1 heterocycles. The van der Waals surface area contributed by atoms with Crippen molar-refractivity contribution < 1.29 is 4.39 Å². The Labute approximate surface area is 131 Å². The molecule has 1 aromatic heterocycles. The highest BCUT2D eigenvalue weighted by molar-refractivity contribution is 9.10. The van der Waals surface area contributed by atoms with Crippen LogP contribution in [-0.2, 0) is 6.42 Å². The van der Waals surface area contributed by atoms with E-state index in [1.165, 1.54) is 10.9 Å². The summed E-state index contributed by atoms with van der Waals surface area (Å²) in [6, 6.07) is 5.23. The number of nitrogens with one attached hydrogen (secondary N) is 1. The average Bonchev–Trinajstić information content (AvgIpc) is 2.71. The SMILES string of the molecule is CCNC(Cc1nc(C)c(C)s1)c1cccc(F)c1Br. The van der Waals surface area contributed by atoms with E-state index >= 15 is 0 Å². The summed E-state index contributed by atoms with van der Waals surface area (Å²) >= 11 is 5.06. The Kier molecular flexibility index (Phi) is 5.29. The molecule has 0 amide bonds. The molecule has 0 spiro atoms. The van der Waals surface area contributed by atoms with Gasteiger partial charge in [-0.15, -0.1) is 11.3 Å². The lowest BCUT2D eigenvalue weighted by Gasteiger charge is -2.19. The molecule has 0 radical (unpaired) electrons. The van der Waals surface area contributed by atoms with Gasteiger partial charge in [-0.05, 0) is 48.0 Å². The molecule has 108 valence electrons. The predicted molar refractivity (Wildman–Crippen MR) is 85.8 cm³/mol. The van der Waals surface area contributed by atoms with E-state index in [2.05, 4.69) is 40.1 Å². The minimum absolute atomic E-state index is 0.0648. The molecule has 2 aromatic rings. The number of nitrogens with zero attached hydrogens (tertiary/aromatic N) is 1. The van der Waals surface area contributed by atoms with Gasteiger partial charge in [0.2, 0.25) is 0 Å². The maximum Gasteiger partial charge on any atom is 0.137 e. The topological polar surface area (TPSA) is 24.9 Å². The second-order valence-corrected chi connectivity index (χ2v) is 6.79. The van der Waals surface area contributed by atoms with E-state index in [-0.39, 0.29) is 11.9 Å². The number of aromatic nitrogens is 1. The van der Waals surface area contributed by atoms with Crippen molar-refractivity contribution in [3.63, 3.8) is 0 Å². The number of halogens is 2. The normalized spacial score (nSPS) is 12.7. The molecule has 0 saturated carbocycles. The Morgan fingerprint density at radius 1 is 1.40 bits per heavy atom. The standard InChI is InChI=1S/C15H18BrFN2S/c1-4-18-13(8-14-19-9(2)10(3)20-14)11-6-5-7-12(17)15(11)16/h5-7,13,18H,4,8H2,1-3H3.